The summed E-state index contributed by atoms with van der Waals surface area (Å²) in [5.74, 6) is -0.287. The molecule has 7 nitrogen and oxygen atoms in total. The maximum Gasteiger partial charge on any atom is 0.267 e. The zero-order valence-electron chi connectivity index (χ0n) is 12.8. The second-order valence-electron chi connectivity index (χ2n) is 5.09. The monoisotopic (exact) mass is 321 g/mol. The van der Waals surface area contributed by atoms with Gasteiger partial charge in [-0.1, -0.05) is 0 Å². The van der Waals surface area contributed by atoms with Crippen LogP contribution in [0.5, 0.6) is 0 Å². The highest BCUT2D eigenvalue weighted by Gasteiger charge is 2.08. The molecular formula is C17H15N5O2. The van der Waals surface area contributed by atoms with Gasteiger partial charge in [0.25, 0.3) is 5.56 Å². The normalized spacial score (nSPS) is 10.3. The minimum absolute atomic E-state index is 0.141. The molecule has 0 saturated carbocycles. The maximum atomic E-state index is 12.0. The molecule has 24 heavy (non-hydrogen) atoms. The fraction of sp³-hybridized carbons (Fsp3) is 0.118. The van der Waals surface area contributed by atoms with Gasteiger partial charge in [0, 0.05) is 43.0 Å². The molecule has 3 rings (SSSR count). The Morgan fingerprint density at radius 3 is 2.62 bits per heavy atom. The van der Waals surface area contributed by atoms with E-state index in [-0.39, 0.29) is 18.0 Å². The Morgan fingerprint density at radius 1 is 1.04 bits per heavy atom. The van der Waals surface area contributed by atoms with Crippen LogP contribution in [-0.4, -0.2) is 25.7 Å². The van der Waals surface area contributed by atoms with Crippen molar-refractivity contribution in [2.24, 2.45) is 0 Å². The van der Waals surface area contributed by atoms with E-state index in [1.807, 2.05) is 18.2 Å². The lowest BCUT2D eigenvalue weighted by Gasteiger charge is -2.08. The van der Waals surface area contributed by atoms with E-state index in [1.165, 1.54) is 6.07 Å². The van der Waals surface area contributed by atoms with Crippen LogP contribution < -0.4 is 10.9 Å². The predicted molar refractivity (Wildman–Crippen MR) is 87.8 cm³/mol. The highest BCUT2D eigenvalue weighted by molar-refractivity contribution is 5.75. The van der Waals surface area contributed by atoms with Gasteiger partial charge in [0.05, 0.1) is 5.69 Å². The molecule has 0 aliphatic heterocycles. The Labute approximate surface area is 138 Å². The lowest BCUT2D eigenvalue weighted by atomic mass is 10.2. The largest absolute Gasteiger partial charge is 0.350 e. The van der Waals surface area contributed by atoms with E-state index in [0.29, 0.717) is 12.2 Å². The fourth-order valence-electron chi connectivity index (χ4n) is 2.12. The number of amides is 1. The average molecular weight is 321 g/mol. The molecule has 120 valence electrons. The summed E-state index contributed by atoms with van der Waals surface area (Å²) in [7, 11) is 0. The summed E-state index contributed by atoms with van der Waals surface area (Å²) in [6, 6.07) is 10.3. The highest BCUT2D eigenvalue weighted by Crippen LogP contribution is 2.12. The Bertz CT molecular complexity index is 878. The van der Waals surface area contributed by atoms with Crippen LogP contribution in [0, 0.1) is 0 Å². The smallest absolute Gasteiger partial charge is 0.267 e. The topological polar surface area (TPSA) is 89.8 Å². The molecule has 0 unspecified atom stereocenters. The van der Waals surface area contributed by atoms with Crippen LogP contribution in [0.3, 0.4) is 0 Å². The third-order valence-corrected chi connectivity index (χ3v) is 3.36. The van der Waals surface area contributed by atoms with Crippen LogP contribution in [0.15, 0.2) is 66.0 Å². The van der Waals surface area contributed by atoms with E-state index in [1.54, 1.807) is 36.9 Å². The van der Waals surface area contributed by atoms with Crippen molar-refractivity contribution in [3.8, 4) is 11.3 Å². The zero-order chi connectivity index (χ0) is 16.8. The van der Waals surface area contributed by atoms with Crippen molar-refractivity contribution < 1.29 is 4.79 Å². The van der Waals surface area contributed by atoms with Crippen LogP contribution in [0.1, 0.15) is 5.56 Å². The average Bonchev–Trinajstić information content (AvgIpc) is 2.63. The van der Waals surface area contributed by atoms with Gasteiger partial charge in [-0.25, -0.2) is 4.68 Å². The Kier molecular flexibility index (Phi) is 4.71. The zero-order valence-corrected chi connectivity index (χ0v) is 12.8. The molecular weight excluding hydrogens is 306 g/mol. The molecule has 0 saturated heterocycles. The number of rotatable bonds is 5. The fourth-order valence-corrected chi connectivity index (χ4v) is 2.12. The molecule has 0 atom stereocenters. The number of hydrogen-bond acceptors (Lipinski definition) is 5. The van der Waals surface area contributed by atoms with Crippen molar-refractivity contribution in [2.75, 3.05) is 0 Å². The van der Waals surface area contributed by atoms with Crippen LogP contribution >= 0.6 is 0 Å². The van der Waals surface area contributed by atoms with E-state index >= 15 is 0 Å². The molecule has 0 aromatic carbocycles. The molecule has 0 radical (unpaired) electrons. The minimum Gasteiger partial charge on any atom is -0.350 e. The summed E-state index contributed by atoms with van der Waals surface area (Å²) in [6.07, 6.45) is 6.63. The van der Waals surface area contributed by atoms with Crippen molar-refractivity contribution in [1.29, 1.82) is 0 Å². The molecule has 1 N–H and O–H groups in total. The molecule has 1 amide bonds. The molecule has 0 bridgehead atoms. The van der Waals surface area contributed by atoms with Gasteiger partial charge in [-0.15, -0.1) is 0 Å². The number of nitrogens with zero attached hydrogens (tertiary/aromatic N) is 4. The van der Waals surface area contributed by atoms with E-state index in [0.717, 1.165) is 15.8 Å². The quantitative estimate of drug-likeness (QED) is 0.757. The molecule has 3 heterocycles. The van der Waals surface area contributed by atoms with Crippen LogP contribution in [-0.2, 0) is 17.9 Å². The van der Waals surface area contributed by atoms with Gasteiger partial charge in [0.1, 0.15) is 6.54 Å². The lowest BCUT2D eigenvalue weighted by Crippen LogP contribution is -2.33. The third-order valence-electron chi connectivity index (χ3n) is 3.36. The first kappa shape index (κ1) is 15.5. The van der Waals surface area contributed by atoms with Crippen LogP contribution in [0.25, 0.3) is 11.3 Å². The summed E-state index contributed by atoms with van der Waals surface area (Å²) < 4.78 is 1.14. The number of aromatic nitrogens is 4. The van der Waals surface area contributed by atoms with E-state index < -0.39 is 0 Å². The lowest BCUT2D eigenvalue weighted by molar-refractivity contribution is -0.122. The first-order chi connectivity index (χ1) is 11.7. The van der Waals surface area contributed by atoms with Crippen molar-refractivity contribution in [1.82, 2.24) is 25.1 Å². The van der Waals surface area contributed by atoms with Crippen molar-refractivity contribution in [3.05, 3.63) is 77.1 Å². The molecule has 0 aliphatic rings. The Morgan fingerprint density at radius 2 is 1.88 bits per heavy atom. The summed E-state index contributed by atoms with van der Waals surface area (Å²) in [5, 5.41) is 6.99. The van der Waals surface area contributed by atoms with Gasteiger partial charge < -0.3 is 5.32 Å². The van der Waals surface area contributed by atoms with E-state index in [9.17, 15) is 9.59 Å². The van der Waals surface area contributed by atoms with Gasteiger partial charge in [-0.05, 0) is 35.9 Å². The van der Waals surface area contributed by atoms with Gasteiger partial charge in [-0.2, -0.15) is 5.10 Å². The van der Waals surface area contributed by atoms with E-state index in [2.05, 4.69) is 20.4 Å². The second-order valence-corrected chi connectivity index (χ2v) is 5.09. The summed E-state index contributed by atoms with van der Waals surface area (Å²) in [6.45, 7) is 0.233. The molecule has 3 aromatic rings. The molecule has 0 aliphatic carbocycles. The van der Waals surface area contributed by atoms with Crippen molar-refractivity contribution >= 4 is 5.91 Å². The van der Waals surface area contributed by atoms with Gasteiger partial charge in [-0.3, -0.25) is 19.6 Å². The van der Waals surface area contributed by atoms with Gasteiger partial charge >= 0.3 is 0 Å². The first-order valence-corrected chi connectivity index (χ1v) is 7.36. The number of hydrogen-bond donors (Lipinski definition) is 1. The van der Waals surface area contributed by atoms with E-state index in [4.69, 9.17) is 0 Å². The highest BCUT2D eigenvalue weighted by atomic mass is 16.2. The molecule has 0 spiro atoms. The summed E-state index contributed by atoms with van der Waals surface area (Å²) in [5.41, 5.74) is 1.97. The Balaban J connectivity index is 1.70. The van der Waals surface area contributed by atoms with Crippen molar-refractivity contribution in [3.63, 3.8) is 0 Å². The SMILES string of the molecule is O=C(Cn1nc(-c2cccnc2)ccc1=O)NCc1ccncc1. The summed E-state index contributed by atoms with van der Waals surface area (Å²) >= 11 is 0. The number of carbonyl (C=O) groups excluding carboxylic acids is 1. The maximum absolute atomic E-state index is 12.0. The number of carbonyl (C=O) groups is 1. The Hall–Kier alpha value is -3.35. The minimum atomic E-state index is -0.332. The predicted octanol–water partition coefficient (Wildman–Crippen LogP) is 1.02. The molecule has 3 aromatic heterocycles. The van der Waals surface area contributed by atoms with Crippen LogP contribution in [0.4, 0.5) is 0 Å². The first-order valence-electron chi connectivity index (χ1n) is 7.36. The van der Waals surface area contributed by atoms with Gasteiger partial charge in [0.15, 0.2) is 0 Å². The molecule has 7 heteroatoms. The number of nitrogens with one attached hydrogen (secondary N) is 1. The standard InChI is InChI=1S/C17H15N5O2/c23-16(20-10-13-5-8-18-9-6-13)12-22-17(24)4-3-15(21-22)14-2-1-7-19-11-14/h1-9,11H,10,12H2,(H,20,23). The van der Waals surface area contributed by atoms with Crippen LogP contribution in [0.2, 0.25) is 0 Å². The third kappa shape index (κ3) is 3.89. The summed E-state index contributed by atoms with van der Waals surface area (Å²) in [4.78, 5) is 31.9. The molecule has 0 fully saturated rings. The second kappa shape index (κ2) is 7.28. The number of pyridine rings is 2. The van der Waals surface area contributed by atoms with Crippen molar-refractivity contribution in [2.45, 2.75) is 13.1 Å². The van der Waals surface area contributed by atoms with Gasteiger partial charge in [0.2, 0.25) is 5.91 Å².